The number of nitrogens with one attached hydrogen (secondary N) is 1. The molecule has 2 atom stereocenters. The zero-order valence-electron chi connectivity index (χ0n) is 12.6. The first-order valence-electron chi connectivity index (χ1n) is 7.62. The molecule has 2 N–H and O–H groups in total. The van der Waals surface area contributed by atoms with Gasteiger partial charge in [0.15, 0.2) is 0 Å². The summed E-state index contributed by atoms with van der Waals surface area (Å²) in [6, 6.07) is 7.53. The zero-order chi connectivity index (χ0) is 15.5. The van der Waals surface area contributed by atoms with Gasteiger partial charge < -0.3 is 10.4 Å². The van der Waals surface area contributed by atoms with E-state index in [0.717, 1.165) is 35.5 Å². The van der Waals surface area contributed by atoms with E-state index in [1.807, 2.05) is 36.6 Å². The van der Waals surface area contributed by atoms with E-state index in [1.54, 1.807) is 11.3 Å². The van der Waals surface area contributed by atoms with Crippen LogP contribution in [0.5, 0.6) is 0 Å². The number of thiazole rings is 1. The Morgan fingerprint density at radius 3 is 3.00 bits per heavy atom. The third kappa shape index (κ3) is 3.36. The number of nitrogens with zero attached hydrogens (tertiary/aromatic N) is 1. The number of aliphatic hydroxyl groups excluding tert-OH is 1. The molecule has 0 spiro atoms. The minimum absolute atomic E-state index is 0.0887. The van der Waals surface area contributed by atoms with E-state index in [4.69, 9.17) is 0 Å². The predicted octanol–water partition coefficient (Wildman–Crippen LogP) is 3.01. The minimum Gasteiger partial charge on any atom is -0.393 e. The molecular weight excluding hydrogens is 296 g/mol. The highest BCUT2D eigenvalue weighted by Gasteiger charge is 2.25. The molecule has 2 aromatic rings. The monoisotopic (exact) mass is 316 g/mol. The van der Waals surface area contributed by atoms with Crippen LogP contribution in [0.1, 0.15) is 35.3 Å². The van der Waals surface area contributed by atoms with Gasteiger partial charge in [-0.05, 0) is 31.9 Å². The summed E-state index contributed by atoms with van der Waals surface area (Å²) in [5.74, 6) is 0.1000. The summed E-state index contributed by atoms with van der Waals surface area (Å²) in [5, 5.41) is 15.7. The van der Waals surface area contributed by atoms with E-state index >= 15 is 0 Å². The largest absolute Gasteiger partial charge is 0.393 e. The predicted molar refractivity (Wildman–Crippen MR) is 88.0 cm³/mol. The van der Waals surface area contributed by atoms with Crippen molar-refractivity contribution in [1.82, 2.24) is 10.3 Å². The number of aryl methyl sites for hydroxylation is 1. The van der Waals surface area contributed by atoms with Crippen LogP contribution in [-0.2, 0) is 0 Å². The first kappa shape index (κ1) is 15.2. The standard InChI is InChI=1S/C17H20N2O2S/c1-11-10-22-17(19-11)13-5-2-4-12(8-13)16(21)18-9-14-6-3-7-15(14)20/h2,4-5,8,10,14-15,20H,3,6-7,9H2,1H3,(H,18,21). The fourth-order valence-electron chi connectivity index (χ4n) is 2.86. The maximum Gasteiger partial charge on any atom is 0.251 e. The topological polar surface area (TPSA) is 62.2 Å². The molecule has 3 rings (SSSR count). The minimum atomic E-state index is -0.273. The lowest BCUT2D eigenvalue weighted by Gasteiger charge is -2.15. The van der Waals surface area contributed by atoms with Gasteiger partial charge >= 0.3 is 0 Å². The fourth-order valence-corrected chi connectivity index (χ4v) is 3.66. The highest BCUT2D eigenvalue weighted by Crippen LogP contribution is 2.26. The van der Waals surface area contributed by atoms with Crippen LogP contribution in [0.2, 0.25) is 0 Å². The highest BCUT2D eigenvalue weighted by atomic mass is 32.1. The number of carbonyl (C=O) groups is 1. The number of hydrogen-bond donors (Lipinski definition) is 2. The summed E-state index contributed by atoms with van der Waals surface area (Å²) < 4.78 is 0. The van der Waals surface area contributed by atoms with Gasteiger partial charge in [0.2, 0.25) is 0 Å². The number of amides is 1. The molecule has 1 aromatic carbocycles. The maximum absolute atomic E-state index is 12.3. The molecule has 0 bridgehead atoms. The first-order chi connectivity index (χ1) is 10.6. The van der Waals surface area contributed by atoms with Crippen LogP contribution in [0.4, 0.5) is 0 Å². The molecule has 1 fully saturated rings. The molecule has 1 heterocycles. The normalized spacial score (nSPS) is 21.0. The molecule has 0 aliphatic heterocycles. The van der Waals surface area contributed by atoms with Gasteiger partial charge in [-0.3, -0.25) is 4.79 Å². The van der Waals surface area contributed by atoms with Crippen molar-refractivity contribution in [3.8, 4) is 10.6 Å². The van der Waals surface area contributed by atoms with Gasteiger partial charge in [0, 0.05) is 34.7 Å². The van der Waals surface area contributed by atoms with Crippen molar-refractivity contribution in [3.05, 3.63) is 40.9 Å². The lowest BCUT2D eigenvalue weighted by atomic mass is 10.1. The van der Waals surface area contributed by atoms with Gasteiger partial charge in [0.05, 0.1) is 6.10 Å². The second-order valence-electron chi connectivity index (χ2n) is 5.84. The lowest BCUT2D eigenvalue weighted by molar-refractivity contribution is 0.0917. The van der Waals surface area contributed by atoms with Crippen molar-refractivity contribution < 1.29 is 9.90 Å². The number of benzene rings is 1. The van der Waals surface area contributed by atoms with Crippen LogP contribution in [0.25, 0.3) is 10.6 Å². The molecule has 5 heteroatoms. The Morgan fingerprint density at radius 2 is 2.32 bits per heavy atom. The van der Waals surface area contributed by atoms with Crippen LogP contribution in [0, 0.1) is 12.8 Å². The SMILES string of the molecule is Cc1csc(-c2cccc(C(=O)NCC3CCCC3O)c2)n1. The van der Waals surface area contributed by atoms with Crippen LogP contribution in [0.3, 0.4) is 0 Å². The number of rotatable bonds is 4. The second-order valence-corrected chi connectivity index (χ2v) is 6.70. The third-order valence-electron chi connectivity index (χ3n) is 4.13. The Hall–Kier alpha value is -1.72. The zero-order valence-corrected chi connectivity index (χ0v) is 13.4. The van der Waals surface area contributed by atoms with E-state index in [0.29, 0.717) is 12.1 Å². The highest BCUT2D eigenvalue weighted by molar-refractivity contribution is 7.13. The van der Waals surface area contributed by atoms with Crippen LogP contribution >= 0.6 is 11.3 Å². The van der Waals surface area contributed by atoms with Gasteiger partial charge in [0.1, 0.15) is 5.01 Å². The smallest absolute Gasteiger partial charge is 0.251 e. The summed E-state index contributed by atoms with van der Waals surface area (Å²) in [5.41, 5.74) is 2.59. The summed E-state index contributed by atoms with van der Waals surface area (Å²) in [6.45, 7) is 2.50. The average molecular weight is 316 g/mol. The second kappa shape index (κ2) is 6.58. The Balaban J connectivity index is 1.67. The molecule has 116 valence electrons. The molecule has 2 unspecified atom stereocenters. The number of carbonyl (C=O) groups excluding carboxylic acids is 1. The molecule has 4 nitrogen and oxygen atoms in total. The Kier molecular flexibility index (Phi) is 4.55. The Bertz CT molecular complexity index is 668. The summed E-state index contributed by atoms with van der Waals surface area (Å²) in [7, 11) is 0. The van der Waals surface area contributed by atoms with Crippen LogP contribution in [-0.4, -0.2) is 28.6 Å². The summed E-state index contributed by atoms with van der Waals surface area (Å²) >= 11 is 1.58. The van der Waals surface area contributed by atoms with Gasteiger partial charge in [-0.15, -0.1) is 11.3 Å². The van der Waals surface area contributed by atoms with Crippen LogP contribution in [0.15, 0.2) is 29.6 Å². The van der Waals surface area contributed by atoms with E-state index in [1.165, 1.54) is 0 Å². The van der Waals surface area contributed by atoms with Gasteiger partial charge in [0.25, 0.3) is 5.91 Å². The molecular formula is C17H20N2O2S. The molecule has 1 aliphatic rings. The number of aromatic nitrogens is 1. The van der Waals surface area contributed by atoms with Crippen molar-refractivity contribution in [2.45, 2.75) is 32.3 Å². The van der Waals surface area contributed by atoms with Gasteiger partial charge in [-0.2, -0.15) is 0 Å². The van der Waals surface area contributed by atoms with E-state index in [9.17, 15) is 9.90 Å². The third-order valence-corrected chi connectivity index (χ3v) is 5.14. The van der Waals surface area contributed by atoms with Crippen molar-refractivity contribution in [1.29, 1.82) is 0 Å². The maximum atomic E-state index is 12.3. The summed E-state index contributed by atoms with van der Waals surface area (Å²) in [4.78, 5) is 16.7. The van der Waals surface area contributed by atoms with Crippen molar-refractivity contribution in [2.24, 2.45) is 5.92 Å². The van der Waals surface area contributed by atoms with Crippen LogP contribution < -0.4 is 5.32 Å². The summed E-state index contributed by atoms with van der Waals surface area (Å²) in [6.07, 6.45) is 2.60. The molecule has 1 aromatic heterocycles. The fraction of sp³-hybridized carbons (Fsp3) is 0.412. The molecule has 1 amide bonds. The van der Waals surface area contributed by atoms with E-state index in [2.05, 4.69) is 10.3 Å². The number of hydrogen-bond acceptors (Lipinski definition) is 4. The van der Waals surface area contributed by atoms with E-state index < -0.39 is 0 Å². The first-order valence-corrected chi connectivity index (χ1v) is 8.50. The van der Waals surface area contributed by atoms with Gasteiger partial charge in [-0.1, -0.05) is 18.6 Å². The lowest BCUT2D eigenvalue weighted by Crippen LogP contribution is -2.32. The van der Waals surface area contributed by atoms with Crippen molar-refractivity contribution in [3.63, 3.8) is 0 Å². The van der Waals surface area contributed by atoms with E-state index in [-0.39, 0.29) is 17.9 Å². The molecule has 22 heavy (non-hydrogen) atoms. The molecule has 1 saturated carbocycles. The Morgan fingerprint density at radius 1 is 1.45 bits per heavy atom. The molecule has 0 saturated heterocycles. The molecule has 1 aliphatic carbocycles. The van der Waals surface area contributed by atoms with Crippen molar-refractivity contribution in [2.75, 3.05) is 6.54 Å². The molecule has 0 radical (unpaired) electrons. The average Bonchev–Trinajstić information content (AvgIpc) is 3.13. The number of aliphatic hydroxyl groups is 1. The van der Waals surface area contributed by atoms with Crippen molar-refractivity contribution >= 4 is 17.2 Å². The quantitative estimate of drug-likeness (QED) is 0.911. The van der Waals surface area contributed by atoms with Gasteiger partial charge in [-0.25, -0.2) is 4.98 Å². The Labute approximate surface area is 134 Å².